The number of hydrogen-bond acceptors (Lipinski definition) is 2. The van der Waals surface area contributed by atoms with Crippen molar-refractivity contribution < 1.29 is 0 Å². The van der Waals surface area contributed by atoms with Crippen molar-refractivity contribution >= 4 is 27.3 Å². The van der Waals surface area contributed by atoms with Crippen LogP contribution in [0.15, 0.2) is 9.85 Å². The van der Waals surface area contributed by atoms with E-state index in [4.69, 9.17) is 0 Å². The van der Waals surface area contributed by atoms with Crippen molar-refractivity contribution in [2.24, 2.45) is 5.92 Å². The summed E-state index contributed by atoms with van der Waals surface area (Å²) in [5.74, 6) is 0.765. The lowest BCUT2D eigenvalue weighted by molar-refractivity contribution is 0.530. The van der Waals surface area contributed by atoms with E-state index in [-0.39, 0.29) is 0 Å². The average Bonchev–Trinajstić information content (AvgIpc) is 2.56. The molecule has 0 atom stereocenters. The quantitative estimate of drug-likeness (QED) is 0.680. The van der Waals surface area contributed by atoms with Gasteiger partial charge < -0.3 is 5.32 Å². The van der Waals surface area contributed by atoms with Crippen molar-refractivity contribution in [3.63, 3.8) is 0 Å². The van der Waals surface area contributed by atoms with Gasteiger partial charge >= 0.3 is 0 Å². The van der Waals surface area contributed by atoms with Gasteiger partial charge in [-0.15, -0.1) is 11.3 Å². The van der Waals surface area contributed by atoms with Crippen LogP contribution in [0.2, 0.25) is 0 Å². The Balaban J connectivity index is 2.01. The van der Waals surface area contributed by atoms with E-state index in [2.05, 4.69) is 48.1 Å². The van der Waals surface area contributed by atoms with Gasteiger partial charge in [0.05, 0.1) is 3.79 Å². The molecule has 0 unspecified atom stereocenters. The molecule has 1 aromatic heterocycles. The molecule has 1 heterocycles. The molecule has 0 aromatic carbocycles. The third-order valence-corrected chi connectivity index (χ3v) is 4.93. The van der Waals surface area contributed by atoms with E-state index in [1.165, 1.54) is 46.5 Å². The number of hydrogen-bond donors (Lipinski definition) is 1. The molecule has 0 fully saturated rings. The lowest BCUT2D eigenvalue weighted by Crippen LogP contribution is -2.20. The lowest BCUT2D eigenvalue weighted by atomic mass is 10.1. The van der Waals surface area contributed by atoms with Crippen LogP contribution in [0.1, 0.15) is 43.6 Å². The molecule has 0 saturated carbocycles. The van der Waals surface area contributed by atoms with Gasteiger partial charge in [-0.3, -0.25) is 0 Å². The lowest BCUT2D eigenvalue weighted by Gasteiger charge is -2.06. The Bertz CT molecular complexity index is 301. The molecule has 0 bridgehead atoms. The molecule has 0 aliphatic heterocycles. The number of halogens is 1. The Morgan fingerprint density at radius 2 is 2.06 bits per heavy atom. The van der Waals surface area contributed by atoms with E-state index in [0.29, 0.717) is 0 Å². The second-order valence-electron chi connectivity index (χ2n) is 5.08. The van der Waals surface area contributed by atoms with Crippen molar-refractivity contribution in [2.75, 3.05) is 13.1 Å². The predicted molar refractivity (Wildman–Crippen MR) is 82.0 cm³/mol. The van der Waals surface area contributed by atoms with Gasteiger partial charge in [-0.05, 0) is 72.8 Å². The maximum absolute atomic E-state index is 3.58. The molecule has 0 aliphatic rings. The highest BCUT2D eigenvalue weighted by atomic mass is 79.9. The van der Waals surface area contributed by atoms with Crippen molar-refractivity contribution in [3.05, 3.63) is 20.3 Å². The molecule has 1 aromatic rings. The number of thiophene rings is 1. The van der Waals surface area contributed by atoms with Gasteiger partial charge in [0.15, 0.2) is 0 Å². The molecule has 1 rings (SSSR count). The highest BCUT2D eigenvalue weighted by Gasteiger charge is 2.02. The van der Waals surface area contributed by atoms with E-state index < -0.39 is 0 Å². The van der Waals surface area contributed by atoms with E-state index in [9.17, 15) is 0 Å². The molecular formula is C14H24BrNS. The third kappa shape index (κ3) is 6.58. The summed E-state index contributed by atoms with van der Waals surface area (Å²) in [6, 6.07) is 2.31. The van der Waals surface area contributed by atoms with Gasteiger partial charge in [0.1, 0.15) is 0 Å². The Morgan fingerprint density at radius 1 is 1.29 bits per heavy atom. The van der Waals surface area contributed by atoms with Gasteiger partial charge in [-0.2, -0.15) is 0 Å². The van der Waals surface area contributed by atoms with Gasteiger partial charge in [0.2, 0.25) is 0 Å². The standard InChI is InChI=1S/C14H24BrNS/c1-11(2)10-16-8-6-4-5-7-13-9-12(3)14(15)17-13/h9,11,16H,4-8,10H2,1-3H3. The molecule has 3 heteroatoms. The minimum absolute atomic E-state index is 0.765. The fraction of sp³-hybridized carbons (Fsp3) is 0.714. The molecule has 0 radical (unpaired) electrons. The summed E-state index contributed by atoms with van der Waals surface area (Å²) in [6.07, 6.45) is 5.19. The summed E-state index contributed by atoms with van der Waals surface area (Å²) in [5.41, 5.74) is 1.38. The van der Waals surface area contributed by atoms with Crippen molar-refractivity contribution in [3.8, 4) is 0 Å². The average molecular weight is 318 g/mol. The smallest absolute Gasteiger partial charge is 0.0730 e. The highest BCUT2D eigenvalue weighted by Crippen LogP contribution is 2.28. The Kier molecular flexibility index (Phi) is 7.40. The van der Waals surface area contributed by atoms with Crippen molar-refractivity contribution in [2.45, 2.75) is 46.5 Å². The highest BCUT2D eigenvalue weighted by molar-refractivity contribution is 9.11. The molecule has 1 nitrogen and oxygen atoms in total. The van der Waals surface area contributed by atoms with Gasteiger partial charge in [-0.25, -0.2) is 0 Å². The fourth-order valence-corrected chi connectivity index (χ4v) is 3.43. The fourth-order valence-electron chi connectivity index (χ4n) is 1.76. The predicted octanol–water partition coefficient (Wildman–Crippen LogP) is 4.78. The van der Waals surface area contributed by atoms with Gasteiger partial charge in [0.25, 0.3) is 0 Å². The summed E-state index contributed by atoms with van der Waals surface area (Å²) in [6.45, 7) is 9.00. The zero-order valence-corrected chi connectivity index (χ0v) is 13.6. The third-order valence-electron chi connectivity index (χ3n) is 2.74. The summed E-state index contributed by atoms with van der Waals surface area (Å²) >= 11 is 5.47. The van der Waals surface area contributed by atoms with Gasteiger partial charge in [0, 0.05) is 4.88 Å². The molecule has 17 heavy (non-hydrogen) atoms. The zero-order chi connectivity index (χ0) is 12.7. The summed E-state index contributed by atoms with van der Waals surface area (Å²) in [7, 11) is 0. The molecule has 0 aliphatic carbocycles. The summed E-state index contributed by atoms with van der Waals surface area (Å²) in [5, 5.41) is 3.49. The molecule has 0 amide bonds. The van der Waals surface area contributed by atoms with Crippen LogP contribution in [0.25, 0.3) is 0 Å². The largest absolute Gasteiger partial charge is 0.316 e. The molecular weight excluding hydrogens is 294 g/mol. The first-order valence-electron chi connectivity index (χ1n) is 6.55. The molecule has 98 valence electrons. The number of unbranched alkanes of at least 4 members (excludes halogenated alkanes) is 2. The van der Waals surface area contributed by atoms with Crippen LogP contribution in [0.3, 0.4) is 0 Å². The summed E-state index contributed by atoms with van der Waals surface area (Å²) < 4.78 is 1.30. The molecule has 0 saturated heterocycles. The first-order chi connectivity index (χ1) is 8.09. The number of rotatable bonds is 8. The van der Waals surface area contributed by atoms with Gasteiger partial charge in [-0.1, -0.05) is 20.3 Å². The maximum atomic E-state index is 3.58. The van der Waals surface area contributed by atoms with Crippen LogP contribution in [0, 0.1) is 12.8 Å². The van der Waals surface area contributed by atoms with Crippen LogP contribution < -0.4 is 5.32 Å². The van der Waals surface area contributed by atoms with Crippen molar-refractivity contribution in [1.82, 2.24) is 5.32 Å². The van der Waals surface area contributed by atoms with Crippen LogP contribution in [0.4, 0.5) is 0 Å². The van der Waals surface area contributed by atoms with E-state index in [1.807, 2.05) is 11.3 Å². The Morgan fingerprint density at radius 3 is 2.65 bits per heavy atom. The number of aryl methyl sites for hydroxylation is 2. The number of nitrogens with one attached hydrogen (secondary N) is 1. The monoisotopic (exact) mass is 317 g/mol. The SMILES string of the molecule is Cc1cc(CCCCCNCC(C)C)sc1Br. The van der Waals surface area contributed by atoms with Crippen LogP contribution in [-0.4, -0.2) is 13.1 Å². The summed E-state index contributed by atoms with van der Waals surface area (Å²) in [4.78, 5) is 1.52. The Hall–Kier alpha value is 0.140. The minimum atomic E-state index is 0.765. The van der Waals surface area contributed by atoms with Crippen LogP contribution in [-0.2, 0) is 6.42 Å². The maximum Gasteiger partial charge on any atom is 0.0730 e. The zero-order valence-electron chi connectivity index (χ0n) is 11.2. The first kappa shape index (κ1) is 15.2. The van der Waals surface area contributed by atoms with Crippen molar-refractivity contribution in [1.29, 1.82) is 0 Å². The second kappa shape index (κ2) is 8.28. The molecule has 0 spiro atoms. The Labute approximate surface area is 118 Å². The van der Waals surface area contributed by atoms with Crippen LogP contribution >= 0.6 is 27.3 Å². The minimum Gasteiger partial charge on any atom is -0.316 e. The topological polar surface area (TPSA) is 12.0 Å². The van der Waals surface area contributed by atoms with E-state index in [1.54, 1.807) is 0 Å². The molecule has 1 N–H and O–H groups in total. The second-order valence-corrected chi connectivity index (χ2v) is 7.53. The van der Waals surface area contributed by atoms with E-state index >= 15 is 0 Å². The van der Waals surface area contributed by atoms with Crippen LogP contribution in [0.5, 0.6) is 0 Å². The first-order valence-corrected chi connectivity index (χ1v) is 8.16. The normalized spacial score (nSPS) is 11.4. The van der Waals surface area contributed by atoms with E-state index in [0.717, 1.165) is 12.5 Å².